The van der Waals surface area contributed by atoms with Gasteiger partial charge in [-0.2, -0.15) is 4.98 Å². The van der Waals surface area contributed by atoms with Crippen molar-refractivity contribution < 1.29 is 9.26 Å². The summed E-state index contributed by atoms with van der Waals surface area (Å²) >= 11 is 0. The van der Waals surface area contributed by atoms with Crippen molar-refractivity contribution in [3.63, 3.8) is 0 Å². The van der Waals surface area contributed by atoms with Crippen LogP contribution in [0.4, 0.5) is 0 Å². The molecule has 2 heterocycles. The molecule has 0 radical (unpaired) electrons. The van der Waals surface area contributed by atoms with Crippen LogP contribution in [0.25, 0.3) is 0 Å². The lowest BCUT2D eigenvalue weighted by atomic mass is 9.77. The van der Waals surface area contributed by atoms with Gasteiger partial charge in [0.1, 0.15) is 0 Å². The molecular formula is C13H21N3O2. The van der Waals surface area contributed by atoms with E-state index in [4.69, 9.17) is 15.0 Å². The summed E-state index contributed by atoms with van der Waals surface area (Å²) in [5.74, 6) is 2.41. The van der Waals surface area contributed by atoms with Gasteiger partial charge in [0.25, 0.3) is 0 Å². The minimum atomic E-state index is -0.381. The summed E-state index contributed by atoms with van der Waals surface area (Å²) in [6.45, 7) is 3.75. The third-order valence-electron chi connectivity index (χ3n) is 4.33. The molecule has 2 N–H and O–H groups in total. The molecule has 0 spiro atoms. The Kier molecular flexibility index (Phi) is 3.11. The first-order valence-corrected chi connectivity index (χ1v) is 6.88. The molecule has 18 heavy (non-hydrogen) atoms. The molecule has 0 aromatic carbocycles. The van der Waals surface area contributed by atoms with Crippen LogP contribution in [0.1, 0.15) is 56.7 Å². The Hall–Kier alpha value is -0.940. The summed E-state index contributed by atoms with van der Waals surface area (Å²) in [5, 5.41) is 4.11. The van der Waals surface area contributed by atoms with Gasteiger partial charge in [0.05, 0.1) is 18.1 Å². The van der Waals surface area contributed by atoms with Crippen LogP contribution in [0.3, 0.4) is 0 Å². The standard InChI is InChI=1S/C13H21N3O2/c1-9-2-5-13(14,6-3-9)12-15-11(18-16-12)10-4-7-17-8-10/h9-10H,2-8,14H2,1H3. The summed E-state index contributed by atoms with van der Waals surface area (Å²) in [6, 6.07) is 0. The molecule has 1 saturated heterocycles. The second kappa shape index (κ2) is 4.63. The Morgan fingerprint density at radius 3 is 2.72 bits per heavy atom. The molecule has 3 rings (SSSR count). The van der Waals surface area contributed by atoms with Gasteiger partial charge in [-0.1, -0.05) is 12.1 Å². The number of aromatic nitrogens is 2. The molecule has 1 aliphatic carbocycles. The maximum Gasteiger partial charge on any atom is 0.232 e. The monoisotopic (exact) mass is 251 g/mol. The lowest BCUT2D eigenvalue weighted by Gasteiger charge is -2.33. The van der Waals surface area contributed by atoms with Gasteiger partial charge in [-0.25, -0.2) is 0 Å². The van der Waals surface area contributed by atoms with Crippen molar-refractivity contribution in [1.82, 2.24) is 10.1 Å². The van der Waals surface area contributed by atoms with Gasteiger partial charge in [0.15, 0.2) is 5.82 Å². The third kappa shape index (κ3) is 2.17. The number of ether oxygens (including phenoxy) is 1. The van der Waals surface area contributed by atoms with Crippen molar-refractivity contribution in [1.29, 1.82) is 0 Å². The minimum Gasteiger partial charge on any atom is -0.381 e. The summed E-state index contributed by atoms with van der Waals surface area (Å²) < 4.78 is 10.7. The Bertz CT molecular complexity index is 404. The lowest BCUT2D eigenvalue weighted by molar-refractivity contribution is 0.189. The fourth-order valence-corrected chi connectivity index (χ4v) is 2.83. The van der Waals surface area contributed by atoms with Gasteiger partial charge < -0.3 is 15.0 Å². The van der Waals surface area contributed by atoms with Crippen LogP contribution in [0.15, 0.2) is 4.52 Å². The van der Waals surface area contributed by atoms with Gasteiger partial charge in [-0.3, -0.25) is 0 Å². The van der Waals surface area contributed by atoms with Gasteiger partial charge in [-0.15, -0.1) is 0 Å². The summed E-state index contributed by atoms with van der Waals surface area (Å²) in [6.07, 6.45) is 5.17. The largest absolute Gasteiger partial charge is 0.381 e. The molecule has 5 heteroatoms. The molecule has 0 amide bonds. The van der Waals surface area contributed by atoms with Crippen molar-refractivity contribution in [2.75, 3.05) is 13.2 Å². The van der Waals surface area contributed by atoms with Crippen molar-refractivity contribution in [2.45, 2.75) is 50.5 Å². The molecule has 1 aliphatic heterocycles. The maximum absolute atomic E-state index is 6.44. The first-order chi connectivity index (χ1) is 8.67. The van der Waals surface area contributed by atoms with Crippen LogP contribution in [-0.4, -0.2) is 23.4 Å². The molecule has 1 unspecified atom stereocenters. The van der Waals surface area contributed by atoms with Crippen LogP contribution in [0, 0.1) is 5.92 Å². The average Bonchev–Trinajstić information content (AvgIpc) is 3.01. The van der Waals surface area contributed by atoms with E-state index in [9.17, 15) is 0 Å². The number of rotatable bonds is 2. The predicted octanol–water partition coefficient (Wildman–Crippen LogP) is 1.94. The first kappa shape index (κ1) is 12.1. The topological polar surface area (TPSA) is 74.2 Å². The second-order valence-electron chi connectivity index (χ2n) is 5.86. The Morgan fingerprint density at radius 1 is 1.28 bits per heavy atom. The minimum absolute atomic E-state index is 0.261. The highest BCUT2D eigenvalue weighted by atomic mass is 16.5. The van der Waals surface area contributed by atoms with Crippen molar-refractivity contribution in [3.8, 4) is 0 Å². The zero-order valence-electron chi connectivity index (χ0n) is 10.9. The molecule has 100 valence electrons. The van der Waals surface area contributed by atoms with Gasteiger partial charge >= 0.3 is 0 Å². The molecule has 1 atom stereocenters. The fourth-order valence-electron chi connectivity index (χ4n) is 2.83. The molecule has 2 aliphatic rings. The van der Waals surface area contributed by atoms with Crippen LogP contribution >= 0.6 is 0 Å². The number of hydrogen-bond acceptors (Lipinski definition) is 5. The third-order valence-corrected chi connectivity index (χ3v) is 4.33. The quantitative estimate of drug-likeness (QED) is 0.869. The van der Waals surface area contributed by atoms with Gasteiger partial charge in [-0.05, 0) is 38.0 Å². The van der Waals surface area contributed by atoms with E-state index in [1.807, 2.05) is 0 Å². The molecular weight excluding hydrogens is 230 g/mol. The smallest absolute Gasteiger partial charge is 0.232 e. The fraction of sp³-hybridized carbons (Fsp3) is 0.846. The van der Waals surface area contributed by atoms with E-state index in [0.29, 0.717) is 18.3 Å². The van der Waals surface area contributed by atoms with E-state index in [0.717, 1.165) is 44.6 Å². The van der Waals surface area contributed by atoms with Crippen LogP contribution < -0.4 is 5.73 Å². The summed E-state index contributed by atoms with van der Waals surface area (Å²) in [7, 11) is 0. The van der Waals surface area contributed by atoms with Crippen LogP contribution in [0.5, 0.6) is 0 Å². The van der Waals surface area contributed by atoms with Gasteiger partial charge in [0, 0.05) is 6.61 Å². The molecule has 1 saturated carbocycles. The zero-order valence-corrected chi connectivity index (χ0v) is 10.9. The normalized spacial score (nSPS) is 37.0. The lowest BCUT2D eigenvalue weighted by Crippen LogP contribution is -2.41. The SMILES string of the molecule is CC1CCC(N)(c2noc(C3CCOC3)n2)CC1. The highest BCUT2D eigenvalue weighted by Gasteiger charge is 2.37. The zero-order chi connectivity index (χ0) is 12.6. The van der Waals surface area contributed by atoms with Crippen LogP contribution in [-0.2, 0) is 10.3 Å². The Labute approximate surface area is 107 Å². The summed E-state index contributed by atoms with van der Waals surface area (Å²) in [4.78, 5) is 4.53. The van der Waals surface area contributed by atoms with E-state index >= 15 is 0 Å². The highest BCUT2D eigenvalue weighted by molar-refractivity contribution is 5.07. The van der Waals surface area contributed by atoms with Crippen LogP contribution in [0.2, 0.25) is 0 Å². The van der Waals surface area contributed by atoms with E-state index in [-0.39, 0.29) is 11.5 Å². The maximum atomic E-state index is 6.44. The molecule has 1 aromatic heterocycles. The van der Waals surface area contributed by atoms with Crippen molar-refractivity contribution >= 4 is 0 Å². The van der Waals surface area contributed by atoms with E-state index in [1.165, 1.54) is 0 Å². The Morgan fingerprint density at radius 2 is 2.06 bits per heavy atom. The van der Waals surface area contributed by atoms with Gasteiger partial charge in [0.2, 0.25) is 5.89 Å². The van der Waals surface area contributed by atoms with Crippen molar-refractivity contribution in [3.05, 3.63) is 11.7 Å². The molecule has 5 nitrogen and oxygen atoms in total. The second-order valence-corrected chi connectivity index (χ2v) is 5.86. The molecule has 2 fully saturated rings. The number of nitrogens with zero attached hydrogens (tertiary/aromatic N) is 2. The Balaban J connectivity index is 1.75. The highest BCUT2D eigenvalue weighted by Crippen LogP contribution is 2.36. The number of nitrogens with two attached hydrogens (primary N) is 1. The summed E-state index contributed by atoms with van der Waals surface area (Å²) in [5.41, 5.74) is 6.06. The van der Waals surface area contributed by atoms with E-state index < -0.39 is 0 Å². The number of hydrogen-bond donors (Lipinski definition) is 1. The first-order valence-electron chi connectivity index (χ1n) is 6.88. The predicted molar refractivity (Wildman–Crippen MR) is 66.0 cm³/mol. The van der Waals surface area contributed by atoms with E-state index in [1.54, 1.807) is 0 Å². The van der Waals surface area contributed by atoms with E-state index in [2.05, 4.69) is 17.1 Å². The molecule has 0 bridgehead atoms. The molecule has 1 aromatic rings. The van der Waals surface area contributed by atoms with Crippen molar-refractivity contribution in [2.24, 2.45) is 11.7 Å². The average molecular weight is 251 g/mol.